The Morgan fingerprint density at radius 3 is 2.18 bits per heavy atom. The molecule has 1 amide bonds. The van der Waals surface area contributed by atoms with E-state index in [4.69, 9.17) is 0 Å². The molecule has 5 nitrogen and oxygen atoms in total. The molecular formula is C9H14F3NO4. The van der Waals surface area contributed by atoms with Gasteiger partial charge in [0.1, 0.15) is 6.04 Å². The van der Waals surface area contributed by atoms with Gasteiger partial charge in [0.2, 0.25) is 0 Å². The maximum atomic E-state index is 12.2. The molecule has 0 aromatic carbocycles. The molecule has 0 aromatic rings. The zero-order valence-corrected chi connectivity index (χ0v) is 9.63. The third-order valence-corrected chi connectivity index (χ3v) is 1.55. The largest absolute Gasteiger partial charge is 0.461 e. The summed E-state index contributed by atoms with van der Waals surface area (Å²) in [5.41, 5.74) is 0. The van der Waals surface area contributed by atoms with Gasteiger partial charge in [-0.25, -0.2) is 9.59 Å². The van der Waals surface area contributed by atoms with Gasteiger partial charge in [-0.05, 0) is 13.8 Å². The van der Waals surface area contributed by atoms with Crippen molar-refractivity contribution in [2.75, 3.05) is 7.11 Å². The summed E-state index contributed by atoms with van der Waals surface area (Å²) in [6.07, 6.45) is -7.80. The number of halogens is 3. The van der Waals surface area contributed by atoms with Gasteiger partial charge in [-0.3, -0.25) is 0 Å². The molecule has 0 aliphatic heterocycles. The number of methoxy groups -OCH3 is 1. The maximum absolute atomic E-state index is 12.2. The van der Waals surface area contributed by atoms with E-state index in [-0.39, 0.29) is 0 Å². The highest BCUT2D eigenvalue weighted by Gasteiger charge is 2.37. The molecule has 1 atom stereocenters. The average molecular weight is 257 g/mol. The lowest BCUT2D eigenvalue weighted by molar-refractivity contribution is -0.164. The Bertz CT molecular complexity index is 278. The second-order valence-corrected chi connectivity index (χ2v) is 3.49. The normalized spacial score (nSPS) is 13.1. The van der Waals surface area contributed by atoms with Crippen molar-refractivity contribution >= 4 is 12.1 Å². The molecule has 0 radical (unpaired) electrons. The Labute approximate surface area is 96.3 Å². The number of carbonyl (C=O) groups excluding carboxylic acids is 2. The van der Waals surface area contributed by atoms with Crippen LogP contribution in [0.5, 0.6) is 0 Å². The summed E-state index contributed by atoms with van der Waals surface area (Å²) in [5, 5.41) is 1.77. The maximum Gasteiger partial charge on any atom is 0.407 e. The Morgan fingerprint density at radius 2 is 1.82 bits per heavy atom. The van der Waals surface area contributed by atoms with Crippen molar-refractivity contribution in [3.63, 3.8) is 0 Å². The molecule has 0 fully saturated rings. The minimum absolute atomic E-state index is 0.572. The fraction of sp³-hybridized carbons (Fsp3) is 0.778. The van der Waals surface area contributed by atoms with Crippen LogP contribution in [0.3, 0.4) is 0 Å². The molecule has 1 unspecified atom stereocenters. The van der Waals surface area contributed by atoms with Crippen LogP contribution in [-0.2, 0) is 14.3 Å². The van der Waals surface area contributed by atoms with Gasteiger partial charge in [0.25, 0.3) is 0 Å². The molecule has 17 heavy (non-hydrogen) atoms. The molecule has 0 rings (SSSR count). The fourth-order valence-electron chi connectivity index (χ4n) is 0.940. The molecule has 0 aromatic heterocycles. The summed E-state index contributed by atoms with van der Waals surface area (Å²) < 4.78 is 45.2. The number of hydrogen-bond acceptors (Lipinski definition) is 4. The van der Waals surface area contributed by atoms with Crippen LogP contribution in [0.25, 0.3) is 0 Å². The Balaban J connectivity index is 4.60. The van der Waals surface area contributed by atoms with Gasteiger partial charge in [-0.15, -0.1) is 0 Å². The molecular weight excluding hydrogens is 243 g/mol. The summed E-state index contributed by atoms with van der Waals surface area (Å²) in [4.78, 5) is 22.1. The number of ether oxygens (including phenoxy) is 2. The molecule has 0 bridgehead atoms. The number of alkyl carbamates (subject to hydrolysis) is 1. The number of carbonyl (C=O) groups is 2. The van der Waals surface area contributed by atoms with E-state index >= 15 is 0 Å². The second-order valence-electron chi connectivity index (χ2n) is 3.49. The Kier molecular flexibility index (Phi) is 5.77. The van der Waals surface area contributed by atoms with Crippen molar-refractivity contribution in [2.24, 2.45) is 0 Å². The minimum Gasteiger partial charge on any atom is -0.461 e. The lowest BCUT2D eigenvalue weighted by atomic mass is 10.2. The molecule has 0 saturated heterocycles. The molecule has 100 valence electrons. The van der Waals surface area contributed by atoms with Crippen LogP contribution in [0.2, 0.25) is 0 Å². The van der Waals surface area contributed by atoms with Gasteiger partial charge < -0.3 is 14.8 Å². The highest BCUT2D eigenvalue weighted by molar-refractivity contribution is 5.81. The summed E-state index contributed by atoms with van der Waals surface area (Å²) in [6, 6.07) is -1.80. The van der Waals surface area contributed by atoms with Crippen molar-refractivity contribution in [1.82, 2.24) is 5.32 Å². The van der Waals surface area contributed by atoms with E-state index in [1.165, 1.54) is 13.8 Å². The lowest BCUT2D eigenvalue weighted by Gasteiger charge is -2.19. The highest BCUT2D eigenvalue weighted by Crippen LogP contribution is 2.22. The standard InChI is InChI=1S/C9H14F3NO4/c1-5(2)17-7(14)6(4-9(10,11)12)13-8(15)16-3/h5-6H,4H2,1-3H3,(H,13,15). The first-order valence-electron chi connectivity index (χ1n) is 4.77. The van der Waals surface area contributed by atoms with E-state index in [2.05, 4.69) is 9.47 Å². The Hall–Kier alpha value is -1.47. The molecule has 8 heteroatoms. The van der Waals surface area contributed by atoms with Crippen molar-refractivity contribution in [1.29, 1.82) is 0 Å². The van der Waals surface area contributed by atoms with Gasteiger partial charge in [0.15, 0.2) is 0 Å². The summed E-state index contributed by atoms with van der Waals surface area (Å²) >= 11 is 0. The van der Waals surface area contributed by atoms with Crippen molar-refractivity contribution in [3.05, 3.63) is 0 Å². The minimum atomic E-state index is -4.60. The zero-order chi connectivity index (χ0) is 13.6. The van der Waals surface area contributed by atoms with Gasteiger partial charge in [0.05, 0.1) is 19.6 Å². The van der Waals surface area contributed by atoms with E-state index in [1.54, 1.807) is 5.32 Å². The number of amides is 1. The first-order chi connectivity index (χ1) is 7.65. The fourth-order valence-corrected chi connectivity index (χ4v) is 0.940. The van der Waals surface area contributed by atoms with Gasteiger partial charge in [0, 0.05) is 0 Å². The number of hydrogen-bond donors (Lipinski definition) is 1. The summed E-state index contributed by atoms with van der Waals surface area (Å²) in [7, 11) is 0.980. The van der Waals surface area contributed by atoms with Gasteiger partial charge >= 0.3 is 18.2 Å². The number of nitrogens with one attached hydrogen (secondary N) is 1. The third kappa shape index (κ3) is 7.42. The quantitative estimate of drug-likeness (QED) is 0.777. The highest BCUT2D eigenvalue weighted by atomic mass is 19.4. The second kappa shape index (κ2) is 6.31. The van der Waals surface area contributed by atoms with Crippen LogP contribution in [0.1, 0.15) is 20.3 Å². The van der Waals surface area contributed by atoms with Crippen LogP contribution >= 0.6 is 0 Å². The van der Waals surface area contributed by atoms with E-state index < -0.39 is 36.8 Å². The Morgan fingerprint density at radius 1 is 1.29 bits per heavy atom. The third-order valence-electron chi connectivity index (χ3n) is 1.55. The topological polar surface area (TPSA) is 64.6 Å². The SMILES string of the molecule is COC(=O)NC(CC(F)(F)F)C(=O)OC(C)C. The number of alkyl halides is 3. The molecule has 1 N–H and O–H groups in total. The van der Waals surface area contributed by atoms with E-state index in [0.29, 0.717) is 0 Å². The van der Waals surface area contributed by atoms with Crippen LogP contribution in [-0.4, -0.2) is 37.5 Å². The summed E-state index contributed by atoms with van der Waals surface area (Å²) in [5.74, 6) is -1.15. The molecule has 0 aliphatic carbocycles. The van der Waals surface area contributed by atoms with Crippen LogP contribution in [0, 0.1) is 0 Å². The van der Waals surface area contributed by atoms with Crippen LogP contribution in [0.4, 0.5) is 18.0 Å². The predicted molar refractivity (Wildman–Crippen MR) is 51.2 cm³/mol. The average Bonchev–Trinajstić information content (AvgIpc) is 2.13. The van der Waals surface area contributed by atoms with Gasteiger partial charge in [-0.1, -0.05) is 0 Å². The lowest BCUT2D eigenvalue weighted by Crippen LogP contribution is -2.45. The number of esters is 1. The first-order valence-corrected chi connectivity index (χ1v) is 4.77. The van der Waals surface area contributed by atoms with Gasteiger partial charge in [-0.2, -0.15) is 13.2 Å². The van der Waals surface area contributed by atoms with Crippen LogP contribution in [0.15, 0.2) is 0 Å². The molecule has 0 saturated carbocycles. The van der Waals surface area contributed by atoms with E-state index in [1.807, 2.05) is 0 Å². The zero-order valence-electron chi connectivity index (χ0n) is 9.63. The predicted octanol–water partition coefficient (Wildman–Crippen LogP) is 1.61. The molecule has 0 aliphatic rings. The first kappa shape index (κ1) is 15.5. The van der Waals surface area contributed by atoms with E-state index in [9.17, 15) is 22.8 Å². The monoisotopic (exact) mass is 257 g/mol. The number of rotatable bonds is 4. The van der Waals surface area contributed by atoms with Crippen molar-refractivity contribution in [2.45, 2.75) is 38.6 Å². The smallest absolute Gasteiger partial charge is 0.407 e. The van der Waals surface area contributed by atoms with Crippen molar-refractivity contribution < 1.29 is 32.2 Å². The van der Waals surface area contributed by atoms with Crippen molar-refractivity contribution in [3.8, 4) is 0 Å². The molecule has 0 heterocycles. The summed E-state index contributed by atoms with van der Waals surface area (Å²) in [6.45, 7) is 2.97. The molecule has 0 spiro atoms. The van der Waals surface area contributed by atoms with E-state index in [0.717, 1.165) is 7.11 Å². The van der Waals surface area contributed by atoms with Crippen LogP contribution < -0.4 is 5.32 Å².